The van der Waals surface area contributed by atoms with Gasteiger partial charge in [0.25, 0.3) is 5.91 Å². The molecule has 1 N–H and O–H groups in total. The van der Waals surface area contributed by atoms with Gasteiger partial charge in [-0.15, -0.1) is 0 Å². The quantitative estimate of drug-likeness (QED) is 0.557. The molecule has 0 saturated carbocycles. The molecule has 0 bridgehead atoms. The zero-order valence-corrected chi connectivity index (χ0v) is 19.0. The summed E-state index contributed by atoms with van der Waals surface area (Å²) in [6.45, 7) is 7.23. The van der Waals surface area contributed by atoms with Gasteiger partial charge in [-0.05, 0) is 49.4 Å². The molecule has 0 atom stereocenters. The van der Waals surface area contributed by atoms with Crippen molar-refractivity contribution in [3.63, 3.8) is 0 Å². The van der Waals surface area contributed by atoms with Crippen molar-refractivity contribution in [2.45, 2.75) is 46.5 Å². The van der Waals surface area contributed by atoms with Crippen molar-refractivity contribution in [3.05, 3.63) is 59.9 Å². The van der Waals surface area contributed by atoms with Gasteiger partial charge < -0.3 is 10.2 Å². The minimum absolute atomic E-state index is 0.0776. The van der Waals surface area contributed by atoms with E-state index in [1.54, 1.807) is 23.2 Å². The van der Waals surface area contributed by atoms with Gasteiger partial charge >= 0.3 is 0 Å². The summed E-state index contributed by atoms with van der Waals surface area (Å²) in [6, 6.07) is 13.1. The predicted octanol–water partition coefficient (Wildman–Crippen LogP) is 4.42. The molecule has 1 saturated heterocycles. The van der Waals surface area contributed by atoms with Crippen LogP contribution in [0.4, 0.5) is 5.69 Å². The normalized spacial score (nSPS) is 14.1. The van der Waals surface area contributed by atoms with E-state index in [4.69, 9.17) is 10.3 Å². The van der Waals surface area contributed by atoms with Crippen LogP contribution in [0.3, 0.4) is 0 Å². The van der Waals surface area contributed by atoms with Crippen molar-refractivity contribution in [2.24, 2.45) is 10.9 Å². The van der Waals surface area contributed by atoms with Crippen LogP contribution in [-0.4, -0.2) is 40.6 Å². The number of nitrogens with one attached hydrogen (secondary N) is 1. The van der Waals surface area contributed by atoms with E-state index in [-0.39, 0.29) is 18.2 Å². The van der Waals surface area contributed by atoms with Crippen molar-refractivity contribution in [1.29, 1.82) is 5.26 Å². The zero-order valence-electron chi connectivity index (χ0n) is 19.0. The number of carbonyl (C=O) groups excluding carboxylic acids is 2. The third-order valence-electron chi connectivity index (χ3n) is 5.23. The minimum Gasteiger partial charge on any atom is -0.342 e. The van der Waals surface area contributed by atoms with Crippen molar-refractivity contribution in [2.75, 3.05) is 13.1 Å². The molecule has 7 heteroatoms. The molecular weight excluding hydrogens is 402 g/mol. The maximum absolute atomic E-state index is 12.7. The number of likely N-dealkylation sites (tertiary alicyclic amines) is 1. The second-order valence-electron chi connectivity index (χ2n) is 7.40. The average Bonchev–Trinajstić information content (AvgIpc) is 2.83. The fourth-order valence-corrected chi connectivity index (χ4v) is 3.50. The number of amides is 2. The molecule has 7 nitrogen and oxygen atoms in total. The highest BCUT2D eigenvalue weighted by molar-refractivity contribution is 6.06. The van der Waals surface area contributed by atoms with E-state index in [1.165, 1.54) is 6.20 Å². The maximum Gasteiger partial charge on any atom is 0.258 e. The fourth-order valence-electron chi connectivity index (χ4n) is 3.50. The summed E-state index contributed by atoms with van der Waals surface area (Å²) in [5.74, 6) is 0.555. The van der Waals surface area contributed by atoms with Crippen LogP contribution in [0, 0.1) is 24.2 Å². The lowest BCUT2D eigenvalue weighted by molar-refractivity contribution is -0.131. The largest absolute Gasteiger partial charge is 0.342 e. The summed E-state index contributed by atoms with van der Waals surface area (Å²) < 4.78 is 0. The van der Waals surface area contributed by atoms with Crippen LogP contribution in [0.5, 0.6) is 0 Å². The van der Waals surface area contributed by atoms with E-state index in [0.29, 0.717) is 36.8 Å². The highest BCUT2D eigenvalue weighted by Gasteiger charge is 2.24. The van der Waals surface area contributed by atoms with Crippen LogP contribution in [0.25, 0.3) is 0 Å². The molecule has 1 aromatic heterocycles. The molecule has 2 aromatic rings. The van der Waals surface area contributed by atoms with E-state index in [2.05, 4.69) is 10.3 Å². The molecule has 0 radical (unpaired) electrons. The van der Waals surface area contributed by atoms with Gasteiger partial charge in [0.2, 0.25) is 5.91 Å². The number of aromatic nitrogens is 1. The van der Waals surface area contributed by atoms with E-state index in [1.807, 2.05) is 51.1 Å². The highest BCUT2D eigenvalue weighted by Crippen LogP contribution is 2.24. The summed E-state index contributed by atoms with van der Waals surface area (Å²) in [6.07, 6.45) is 5.31. The monoisotopic (exact) mass is 433 g/mol. The second kappa shape index (κ2) is 13.0. The van der Waals surface area contributed by atoms with Crippen LogP contribution in [0.15, 0.2) is 53.8 Å². The molecule has 0 unspecified atom stereocenters. The number of piperidine rings is 1. The Bertz CT molecular complexity index is 958. The van der Waals surface area contributed by atoms with Crippen LogP contribution in [-0.2, 0) is 4.79 Å². The first-order valence-corrected chi connectivity index (χ1v) is 11.1. The number of rotatable bonds is 5. The number of nitriles is 1. The number of amidine groups is 1. The molecule has 1 aromatic carbocycles. The lowest BCUT2D eigenvalue weighted by Crippen LogP contribution is -2.40. The molecular formula is C25H31N5O2. The summed E-state index contributed by atoms with van der Waals surface area (Å²) in [5.41, 5.74) is 2.33. The van der Waals surface area contributed by atoms with E-state index in [0.717, 1.165) is 24.1 Å². The Morgan fingerprint density at radius 2 is 1.91 bits per heavy atom. The van der Waals surface area contributed by atoms with Crippen molar-refractivity contribution >= 4 is 23.3 Å². The molecule has 0 spiro atoms. The fraction of sp³-hybridized carbons (Fsp3) is 0.400. The molecule has 2 amide bonds. The van der Waals surface area contributed by atoms with Gasteiger partial charge in [-0.2, -0.15) is 5.26 Å². The number of hydrogen-bond donors (Lipinski definition) is 1. The minimum atomic E-state index is -0.239. The van der Waals surface area contributed by atoms with Crippen LogP contribution in [0.1, 0.15) is 55.5 Å². The van der Waals surface area contributed by atoms with Gasteiger partial charge in [0.1, 0.15) is 12.3 Å². The molecule has 32 heavy (non-hydrogen) atoms. The summed E-state index contributed by atoms with van der Waals surface area (Å²) in [5, 5.41) is 11.7. The number of hydrogen-bond acceptors (Lipinski definition) is 5. The number of aliphatic imine (C=N–C) groups is 1. The molecule has 168 valence electrons. The average molecular weight is 434 g/mol. The zero-order chi connectivity index (χ0) is 23.3. The summed E-state index contributed by atoms with van der Waals surface area (Å²) in [7, 11) is 0. The van der Waals surface area contributed by atoms with Crippen LogP contribution in [0.2, 0.25) is 0 Å². The van der Waals surface area contributed by atoms with Gasteiger partial charge in [-0.1, -0.05) is 32.0 Å². The lowest BCUT2D eigenvalue weighted by Gasteiger charge is -2.31. The molecule has 2 heterocycles. The first-order valence-electron chi connectivity index (χ1n) is 11.1. The molecule has 1 aliphatic heterocycles. The predicted molar refractivity (Wildman–Crippen MR) is 125 cm³/mol. The number of para-hydroxylation sites is 1. The standard InChI is InChI=1S/C23H25N5O2.C2H6/c1-17-5-2-3-7-20(17)26-21(27-23(30)19-6-4-12-25-16-19)15-18-9-13-28(14-10-18)22(29)8-11-24;1-2/h2-7,12,16,18H,8-10,13-15H2,1H3,(H,26,27,30);1-2H3. The lowest BCUT2D eigenvalue weighted by atomic mass is 9.92. The van der Waals surface area contributed by atoms with Gasteiger partial charge in [-0.3, -0.25) is 14.6 Å². The van der Waals surface area contributed by atoms with E-state index < -0.39 is 0 Å². The highest BCUT2D eigenvalue weighted by atomic mass is 16.2. The summed E-state index contributed by atoms with van der Waals surface area (Å²) >= 11 is 0. The Kier molecular flexibility index (Phi) is 10.1. The van der Waals surface area contributed by atoms with Crippen LogP contribution >= 0.6 is 0 Å². The van der Waals surface area contributed by atoms with Crippen molar-refractivity contribution in [3.8, 4) is 6.07 Å². The van der Waals surface area contributed by atoms with Gasteiger partial charge in [0.05, 0.1) is 17.3 Å². The Morgan fingerprint density at radius 3 is 2.53 bits per heavy atom. The SMILES string of the molecule is CC.Cc1ccccc1N=C(CC1CCN(C(=O)CC#N)CC1)NC(=O)c1cccnc1. The van der Waals surface area contributed by atoms with Gasteiger partial charge in [-0.25, -0.2) is 4.99 Å². The Labute approximate surface area is 190 Å². The first-order chi connectivity index (χ1) is 15.6. The van der Waals surface area contributed by atoms with Crippen molar-refractivity contribution in [1.82, 2.24) is 15.2 Å². The Morgan fingerprint density at radius 1 is 1.19 bits per heavy atom. The third kappa shape index (κ3) is 7.31. The first kappa shape index (κ1) is 24.7. The number of benzene rings is 1. The number of nitrogens with zero attached hydrogens (tertiary/aromatic N) is 4. The van der Waals surface area contributed by atoms with Gasteiger partial charge in [0.15, 0.2) is 0 Å². The molecule has 1 aliphatic rings. The Balaban J connectivity index is 0.00000176. The van der Waals surface area contributed by atoms with Crippen LogP contribution < -0.4 is 5.32 Å². The number of carbonyl (C=O) groups is 2. The van der Waals surface area contributed by atoms with Crippen molar-refractivity contribution < 1.29 is 9.59 Å². The number of aryl methyl sites for hydroxylation is 1. The van der Waals surface area contributed by atoms with E-state index >= 15 is 0 Å². The molecule has 1 fully saturated rings. The number of pyridine rings is 1. The second-order valence-corrected chi connectivity index (χ2v) is 7.40. The van der Waals surface area contributed by atoms with Gasteiger partial charge in [0, 0.05) is 31.9 Å². The third-order valence-corrected chi connectivity index (χ3v) is 5.23. The smallest absolute Gasteiger partial charge is 0.258 e. The summed E-state index contributed by atoms with van der Waals surface area (Å²) in [4.78, 5) is 35.1. The molecule has 0 aliphatic carbocycles. The Hall–Kier alpha value is -3.53. The maximum atomic E-state index is 12.7. The molecule has 3 rings (SSSR count). The topological polar surface area (TPSA) is 98.5 Å². The van der Waals surface area contributed by atoms with E-state index in [9.17, 15) is 9.59 Å².